The van der Waals surface area contributed by atoms with Gasteiger partial charge in [0.15, 0.2) is 0 Å². The Morgan fingerprint density at radius 2 is 1.09 bits per heavy atom. The van der Waals surface area contributed by atoms with Gasteiger partial charge in [0.05, 0.1) is 22.1 Å². The van der Waals surface area contributed by atoms with E-state index < -0.39 is 0 Å². The van der Waals surface area contributed by atoms with Gasteiger partial charge in [-0.1, -0.05) is 54.6 Å². The van der Waals surface area contributed by atoms with Crippen molar-refractivity contribution in [2.75, 3.05) is 0 Å². The molecule has 35 heavy (non-hydrogen) atoms. The predicted molar refractivity (Wildman–Crippen MR) is 151 cm³/mol. The molecule has 0 saturated carbocycles. The Bertz CT molecular complexity index is 2050. The summed E-state index contributed by atoms with van der Waals surface area (Å²) in [4.78, 5) is 0. The lowest BCUT2D eigenvalue weighted by molar-refractivity contribution is 1.17. The van der Waals surface area contributed by atoms with E-state index in [1.165, 1.54) is 65.1 Å². The molecule has 0 radical (unpaired) electrons. The predicted octanol–water partition coefficient (Wildman–Crippen LogP) is 9.10. The molecule has 3 heteroatoms. The van der Waals surface area contributed by atoms with Crippen molar-refractivity contribution in [3.63, 3.8) is 0 Å². The first-order valence-corrected chi connectivity index (χ1v) is 12.7. The highest BCUT2D eigenvalue weighted by atomic mass is 32.1. The second-order valence-corrected chi connectivity index (χ2v) is 9.98. The van der Waals surface area contributed by atoms with Gasteiger partial charge in [0, 0.05) is 43.0 Å². The number of rotatable bonds is 2. The zero-order valence-electron chi connectivity index (χ0n) is 18.8. The fourth-order valence-electron chi connectivity index (χ4n) is 5.75. The normalized spacial score (nSPS) is 12.0. The average molecular weight is 465 g/mol. The van der Waals surface area contributed by atoms with Gasteiger partial charge in [-0.2, -0.15) is 0 Å². The Morgan fingerprint density at radius 3 is 1.94 bits per heavy atom. The molecule has 0 spiro atoms. The molecule has 2 nitrogen and oxygen atoms in total. The van der Waals surface area contributed by atoms with Crippen LogP contribution in [0, 0.1) is 0 Å². The molecular weight excluding hydrogens is 444 g/mol. The lowest BCUT2D eigenvalue weighted by Gasteiger charge is -2.10. The second-order valence-electron chi connectivity index (χ2n) is 9.03. The van der Waals surface area contributed by atoms with E-state index in [-0.39, 0.29) is 0 Å². The van der Waals surface area contributed by atoms with Gasteiger partial charge in [-0.3, -0.25) is 0 Å². The number of hydrogen-bond acceptors (Lipinski definition) is 1. The minimum atomic E-state index is 1.18. The van der Waals surface area contributed by atoms with Crippen LogP contribution in [0.3, 0.4) is 0 Å². The summed E-state index contributed by atoms with van der Waals surface area (Å²) in [6.45, 7) is 0. The molecule has 3 heterocycles. The number of aromatic nitrogens is 2. The first kappa shape index (κ1) is 19.0. The van der Waals surface area contributed by atoms with E-state index in [2.05, 4.69) is 130 Å². The van der Waals surface area contributed by atoms with Gasteiger partial charge >= 0.3 is 0 Å². The highest BCUT2D eigenvalue weighted by molar-refractivity contribution is 7.17. The van der Waals surface area contributed by atoms with Gasteiger partial charge in [-0.05, 0) is 66.0 Å². The van der Waals surface area contributed by atoms with E-state index >= 15 is 0 Å². The van der Waals surface area contributed by atoms with E-state index in [1.807, 2.05) is 11.3 Å². The summed E-state index contributed by atoms with van der Waals surface area (Å²) in [6, 6.07) is 41.9. The first-order valence-electron chi connectivity index (χ1n) is 11.9. The molecule has 0 fully saturated rings. The number of thiophene rings is 1. The van der Waals surface area contributed by atoms with Crippen LogP contribution in [0.1, 0.15) is 0 Å². The maximum atomic E-state index is 2.43. The fourth-order valence-corrected chi connectivity index (χ4v) is 6.54. The second kappa shape index (κ2) is 7.08. The topological polar surface area (TPSA) is 9.86 Å². The van der Waals surface area contributed by atoms with Crippen LogP contribution in [0.25, 0.3) is 65.1 Å². The van der Waals surface area contributed by atoms with Crippen LogP contribution in [0.2, 0.25) is 0 Å². The molecule has 0 aliphatic rings. The van der Waals surface area contributed by atoms with Crippen molar-refractivity contribution in [3.05, 3.63) is 121 Å². The highest BCUT2D eigenvalue weighted by Gasteiger charge is 2.17. The van der Waals surface area contributed by atoms with Crippen molar-refractivity contribution >= 4 is 65.0 Å². The average Bonchev–Trinajstić information content (AvgIpc) is 3.61. The summed E-state index contributed by atoms with van der Waals surface area (Å²) < 4.78 is 6.13. The van der Waals surface area contributed by atoms with Crippen LogP contribution in [0.4, 0.5) is 0 Å². The minimum absolute atomic E-state index is 1.18. The molecular formula is C32H20N2S. The first-order chi connectivity index (χ1) is 17.4. The van der Waals surface area contributed by atoms with E-state index in [0.29, 0.717) is 0 Å². The van der Waals surface area contributed by atoms with Gasteiger partial charge < -0.3 is 9.13 Å². The molecule has 0 amide bonds. The SMILES string of the molecule is c1ccc(-n2c3ccccc3c3cc(-n4c5ccccc5c5c6ccsc6ccc54)ccc32)cc1. The maximum absolute atomic E-state index is 2.43. The molecule has 8 aromatic rings. The maximum Gasteiger partial charge on any atom is 0.0548 e. The third-order valence-electron chi connectivity index (χ3n) is 7.20. The third kappa shape index (κ3) is 2.59. The van der Waals surface area contributed by atoms with Gasteiger partial charge in [-0.15, -0.1) is 11.3 Å². The molecule has 0 saturated heterocycles. The third-order valence-corrected chi connectivity index (χ3v) is 8.08. The summed E-state index contributed by atoms with van der Waals surface area (Å²) in [5.41, 5.74) is 7.32. The smallest absolute Gasteiger partial charge is 0.0548 e. The van der Waals surface area contributed by atoms with Crippen LogP contribution in [-0.2, 0) is 0 Å². The number of para-hydroxylation sites is 3. The molecule has 5 aromatic carbocycles. The van der Waals surface area contributed by atoms with Gasteiger partial charge in [0.2, 0.25) is 0 Å². The number of hydrogen-bond donors (Lipinski definition) is 0. The zero-order chi connectivity index (χ0) is 22.9. The fraction of sp³-hybridized carbons (Fsp3) is 0. The van der Waals surface area contributed by atoms with Crippen molar-refractivity contribution in [3.8, 4) is 11.4 Å². The number of nitrogens with zero attached hydrogens (tertiary/aromatic N) is 2. The summed E-state index contributed by atoms with van der Waals surface area (Å²) in [7, 11) is 0. The largest absolute Gasteiger partial charge is 0.309 e. The minimum Gasteiger partial charge on any atom is -0.309 e. The van der Waals surface area contributed by atoms with E-state index in [0.717, 1.165) is 0 Å². The number of benzene rings is 5. The van der Waals surface area contributed by atoms with Crippen molar-refractivity contribution in [1.29, 1.82) is 0 Å². The van der Waals surface area contributed by atoms with Crippen LogP contribution in [0.15, 0.2) is 121 Å². The van der Waals surface area contributed by atoms with Crippen LogP contribution in [0.5, 0.6) is 0 Å². The van der Waals surface area contributed by atoms with Crippen LogP contribution < -0.4 is 0 Å². The quantitative estimate of drug-likeness (QED) is 0.241. The Labute approximate surface area is 205 Å². The summed E-state index contributed by atoms with van der Waals surface area (Å²) in [5.74, 6) is 0. The van der Waals surface area contributed by atoms with Crippen molar-refractivity contribution in [2.24, 2.45) is 0 Å². The Kier molecular flexibility index (Phi) is 3.85. The monoisotopic (exact) mass is 464 g/mol. The molecule has 0 bridgehead atoms. The molecule has 0 unspecified atom stereocenters. The highest BCUT2D eigenvalue weighted by Crippen LogP contribution is 2.40. The molecule has 8 rings (SSSR count). The zero-order valence-corrected chi connectivity index (χ0v) is 19.7. The molecule has 164 valence electrons. The van der Waals surface area contributed by atoms with Gasteiger partial charge in [0.1, 0.15) is 0 Å². The van der Waals surface area contributed by atoms with Crippen molar-refractivity contribution in [1.82, 2.24) is 9.13 Å². The van der Waals surface area contributed by atoms with Crippen LogP contribution in [-0.4, -0.2) is 9.13 Å². The molecule has 3 aromatic heterocycles. The molecule has 0 aliphatic heterocycles. The summed E-state index contributed by atoms with van der Waals surface area (Å²) in [5, 5.41) is 8.72. The molecule has 0 N–H and O–H groups in total. The summed E-state index contributed by atoms with van der Waals surface area (Å²) in [6.07, 6.45) is 0. The van der Waals surface area contributed by atoms with Gasteiger partial charge in [-0.25, -0.2) is 0 Å². The van der Waals surface area contributed by atoms with Crippen molar-refractivity contribution in [2.45, 2.75) is 0 Å². The van der Waals surface area contributed by atoms with Gasteiger partial charge in [0.25, 0.3) is 0 Å². The Hall–Kier alpha value is -4.34. The van der Waals surface area contributed by atoms with E-state index in [1.54, 1.807) is 0 Å². The Balaban J connectivity index is 1.49. The Morgan fingerprint density at radius 1 is 0.429 bits per heavy atom. The van der Waals surface area contributed by atoms with Crippen molar-refractivity contribution < 1.29 is 0 Å². The lowest BCUT2D eigenvalue weighted by atomic mass is 10.1. The number of fused-ring (bicyclic) bond motifs is 8. The van der Waals surface area contributed by atoms with E-state index in [9.17, 15) is 0 Å². The van der Waals surface area contributed by atoms with E-state index in [4.69, 9.17) is 0 Å². The standard InChI is InChI=1S/C32H20N2S/c1-2-8-21(9-3-1)33-27-12-6-4-10-23(27)26-20-22(14-15-29(26)33)34-28-13-7-5-11-24(28)32-25-18-19-35-31(25)17-16-30(32)34/h1-20H. The summed E-state index contributed by atoms with van der Waals surface area (Å²) >= 11 is 1.81. The van der Waals surface area contributed by atoms with Crippen LogP contribution >= 0.6 is 11.3 Å². The molecule has 0 aliphatic carbocycles. The molecule has 0 atom stereocenters. The lowest BCUT2D eigenvalue weighted by Crippen LogP contribution is -1.95.